The van der Waals surface area contributed by atoms with Crippen molar-refractivity contribution in [2.45, 2.75) is 12.5 Å². The molecule has 0 aliphatic carbocycles. The smallest absolute Gasteiger partial charge is 0.298 e. The highest BCUT2D eigenvalue weighted by molar-refractivity contribution is 7.91. The van der Waals surface area contributed by atoms with Gasteiger partial charge in [-0.3, -0.25) is 4.90 Å². The number of aromatic nitrogens is 1. The molecule has 2 fully saturated rings. The summed E-state index contributed by atoms with van der Waals surface area (Å²) < 4.78 is 29.0. The molecular formula is C15H19N3O3S. The van der Waals surface area contributed by atoms with Crippen molar-refractivity contribution in [3.05, 3.63) is 24.3 Å². The number of piperazine rings is 1. The molecule has 1 atom stereocenters. The number of benzene rings is 1. The molecule has 2 aliphatic heterocycles. The average Bonchev–Trinajstić information content (AvgIpc) is 3.10. The van der Waals surface area contributed by atoms with Crippen LogP contribution in [0, 0.1) is 0 Å². The lowest BCUT2D eigenvalue weighted by molar-refractivity contribution is 0.198. The quantitative estimate of drug-likeness (QED) is 0.826. The normalized spacial score (nSPS) is 25.8. The first kappa shape index (κ1) is 14.0. The zero-order valence-corrected chi connectivity index (χ0v) is 13.1. The minimum absolute atomic E-state index is 0.191. The molecule has 7 heteroatoms. The number of sulfone groups is 1. The van der Waals surface area contributed by atoms with Gasteiger partial charge >= 0.3 is 0 Å². The standard InChI is InChI=1S/C15H19N3O3S/c19-22(20)10-5-12(11-22)17-6-8-18(9-7-17)15-16-13-3-1-2-4-14(13)21-15/h1-4,12H,5-11H2. The van der Waals surface area contributed by atoms with E-state index in [0.29, 0.717) is 17.5 Å². The number of anilines is 1. The van der Waals surface area contributed by atoms with E-state index in [1.165, 1.54) is 0 Å². The van der Waals surface area contributed by atoms with Crippen LogP contribution in [0.3, 0.4) is 0 Å². The molecule has 0 spiro atoms. The molecule has 2 saturated heterocycles. The maximum atomic E-state index is 11.6. The predicted octanol–water partition coefficient (Wildman–Crippen LogP) is 1.14. The Morgan fingerprint density at radius 3 is 2.59 bits per heavy atom. The van der Waals surface area contributed by atoms with Gasteiger partial charge in [-0.25, -0.2) is 8.42 Å². The largest absolute Gasteiger partial charge is 0.423 e. The van der Waals surface area contributed by atoms with Gasteiger partial charge < -0.3 is 9.32 Å². The predicted molar refractivity (Wildman–Crippen MR) is 84.9 cm³/mol. The van der Waals surface area contributed by atoms with Crippen LogP contribution in [0.5, 0.6) is 0 Å². The maximum absolute atomic E-state index is 11.6. The first-order chi connectivity index (χ1) is 10.6. The van der Waals surface area contributed by atoms with Gasteiger partial charge in [0.25, 0.3) is 6.01 Å². The van der Waals surface area contributed by atoms with Gasteiger partial charge in [-0.1, -0.05) is 12.1 Å². The molecule has 0 amide bonds. The Hall–Kier alpha value is -1.60. The van der Waals surface area contributed by atoms with Crippen LogP contribution < -0.4 is 4.90 Å². The topological polar surface area (TPSA) is 66.7 Å². The second-order valence-electron chi connectivity index (χ2n) is 6.04. The summed E-state index contributed by atoms with van der Waals surface area (Å²) in [6.45, 7) is 3.37. The van der Waals surface area contributed by atoms with Gasteiger partial charge in [0.2, 0.25) is 0 Å². The number of hydrogen-bond donors (Lipinski definition) is 0. The zero-order valence-electron chi connectivity index (χ0n) is 12.3. The van der Waals surface area contributed by atoms with Crippen LogP contribution in [0.4, 0.5) is 6.01 Å². The van der Waals surface area contributed by atoms with Crippen molar-refractivity contribution < 1.29 is 12.8 Å². The molecule has 3 heterocycles. The van der Waals surface area contributed by atoms with Crippen LogP contribution in [0.2, 0.25) is 0 Å². The van der Waals surface area contributed by atoms with E-state index in [9.17, 15) is 8.42 Å². The molecule has 6 nitrogen and oxygen atoms in total. The molecule has 0 radical (unpaired) electrons. The minimum atomic E-state index is -2.81. The lowest BCUT2D eigenvalue weighted by Crippen LogP contribution is -2.50. The van der Waals surface area contributed by atoms with E-state index < -0.39 is 9.84 Å². The SMILES string of the molecule is O=S1(=O)CCC(N2CCN(c3nc4ccccc4o3)CC2)C1. The summed E-state index contributed by atoms with van der Waals surface area (Å²) in [6.07, 6.45) is 0.769. The summed E-state index contributed by atoms with van der Waals surface area (Å²) in [6, 6.07) is 8.62. The van der Waals surface area contributed by atoms with Gasteiger partial charge in [0.1, 0.15) is 5.52 Å². The minimum Gasteiger partial charge on any atom is -0.423 e. The molecule has 1 unspecified atom stereocenters. The van der Waals surface area contributed by atoms with E-state index in [-0.39, 0.29) is 6.04 Å². The molecule has 1 aromatic heterocycles. The van der Waals surface area contributed by atoms with Crippen LogP contribution in [0.1, 0.15) is 6.42 Å². The van der Waals surface area contributed by atoms with Crippen LogP contribution in [0.15, 0.2) is 28.7 Å². The highest BCUT2D eigenvalue weighted by atomic mass is 32.2. The van der Waals surface area contributed by atoms with E-state index in [2.05, 4.69) is 14.8 Å². The van der Waals surface area contributed by atoms with Crippen molar-refractivity contribution in [3.63, 3.8) is 0 Å². The van der Waals surface area contributed by atoms with Crippen molar-refractivity contribution in [3.8, 4) is 0 Å². The summed E-state index contributed by atoms with van der Waals surface area (Å²) in [5.41, 5.74) is 1.68. The van der Waals surface area contributed by atoms with Crippen molar-refractivity contribution in [1.82, 2.24) is 9.88 Å². The molecule has 1 aromatic carbocycles. The molecule has 0 saturated carbocycles. The number of nitrogens with zero attached hydrogens (tertiary/aromatic N) is 3. The van der Waals surface area contributed by atoms with E-state index >= 15 is 0 Å². The Labute approximate surface area is 129 Å². The van der Waals surface area contributed by atoms with Gasteiger partial charge in [0, 0.05) is 32.2 Å². The third-order valence-electron chi connectivity index (χ3n) is 4.59. The molecule has 0 N–H and O–H groups in total. The fraction of sp³-hybridized carbons (Fsp3) is 0.533. The third-order valence-corrected chi connectivity index (χ3v) is 6.34. The summed E-state index contributed by atoms with van der Waals surface area (Å²) in [5.74, 6) is 0.652. The number of hydrogen-bond acceptors (Lipinski definition) is 6. The van der Waals surface area contributed by atoms with Gasteiger partial charge in [0.15, 0.2) is 15.4 Å². The van der Waals surface area contributed by atoms with Crippen LogP contribution >= 0.6 is 0 Å². The molecule has 4 rings (SSSR count). The van der Waals surface area contributed by atoms with Crippen LogP contribution in [-0.2, 0) is 9.84 Å². The highest BCUT2D eigenvalue weighted by Gasteiger charge is 2.34. The Morgan fingerprint density at radius 1 is 1.14 bits per heavy atom. The Bertz CT molecular complexity index is 745. The molecular weight excluding hydrogens is 302 g/mol. The zero-order chi connectivity index (χ0) is 15.2. The molecule has 118 valence electrons. The van der Waals surface area contributed by atoms with E-state index in [4.69, 9.17) is 4.42 Å². The summed E-state index contributed by atoms with van der Waals surface area (Å²) in [5, 5.41) is 0. The average molecular weight is 321 g/mol. The summed E-state index contributed by atoms with van der Waals surface area (Å²) >= 11 is 0. The number of oxazole rings is 1. The highest BCUT2D eigenvalue weighted by Crippen LogP contribution is 2.24. The monoisotopic (exact) mass is 321 g/mol. The maximum Gasteiger partial charge on any atom is 0.298 e. The lowest BCUT2D eigenvalue weighted by Gasteiger charge is -2.36. The van der Waals surface area contributed by atoms with Crippen molar-refractivity contribution in [1.29, 1.82) is 0 Å². The fourth-order valence-electron chi connectivity index (χ4n) is 3.34. The molecule has 2 aromatic rings. The third kappa shape index (κ3) is 2.59. The van der Waals surface area contributed by atoms with E-state index in [1.54, 1.807) is 0 Å². The van der Waals surface area contributed by atoms with Gasteiger partial charge in [-0.05, 0) is 18.6 Å². The molecule has 22 heavy (non-hydrogen) atoms. The lowest BCUT2D eigenvalue weighted by atomic mass is 10.2. The first-order valence-electron chi connectivity index (χ1n) is 7.66. The second-order valence-corrected chi connectivity index (χ2v) is 8.27. The van der Waals surface area contributed by atoms with Gasteiger partial charge in [0.05, 0.1) is 11.5 Å². The molecule has 2 aliphatic rings. The Morgan fingerprint density at radius 2 is 1.91 bits per heavy atom. The number of para-hydroxylation sites is 2. The van der Waals surface area contributed by atoms with Gasteiger partial charge in [-0.15, -0.1) is 0 Å². The Kier molecular flexibility index (Phi) is 3.34. The first-order valence-corrected chi connectivity index (χ1v) is 9.48. The van der Waals surface area contributed by atoms with Crippen molar-refractivity contribution in [2.24, 2.45) is 0 Å². The van der Waals surface area contributed by atoms with Crippen molar-refractivity contribution in [2.75, 3.05) is 42.6 Å². The van der Waals surface area contributed by atoms with E-state index in [1.807, 2.05) is 24.3 Å². The number of fused-ring (bicyclic) bond motifs is 1. The fourth-order valence-corrected chi connectivity index (χ4v) is 5.10. The van der Waals surface area contributed by atoms with Crippen LogP contribution in [0.25, 0.3) is 11.1 Å². The molecule has 0 bridgehead atoms. The van der Waals surface area contributed by atoms with Gasteiger partial charge in [-0.2, -0.15) is 4.98 Å². The summed E-state index contributed by atoms with van der Waals surface area (Å²) in [7, 11) is -2.81. The second kappa shape index (κ2) is 5.24. The van der Waals surface area contributed by atoms with Crippen LogP contribution in [-0.4, -0.2) is 62.0 Å². The van der Waals surface area contributed by atoms with Crippen molar-refractivity contribution >= 4 is 27.0 Å². The summed E-state index contributed by atoms with van der Waals surface area (Å²) in [4.78, 5) is 8.96. The Balaban J connectivity index is 1.43. The van der Waals surface area contributed by atoms with E-state index in [0.717, 1.165) is 43.7 Å². The number of rotatable bonds is 2.